The van der Waals surface area contributed by atoms with E-state index in [0.717, 1.165) is 16.9 Å². The van der Waals surface area contributed by atoms with Crippen LogP contribution in [0.15, 0.2) is 42.7 Å². The Balaban J connectivity index is 1.53. The Hall–Kier alpha value is -2.24. The zero-order chi connectivity index (χ0) is 17.1. The molecule has 0 radical (unpaired) electrons. The minimum Gasteiger partial charge on any atom is -0.484 e. The van der Waals surface area contributed by atoms with Gasteiger partial charge in [-0.1, -0.05) is 23.2 Å². The number of nitrogens with zero attached hydrogens (tertiary/aromatic N) is 2. The molecular weight excluding hydrogens is 349 g/mol. The number of ether oxygens (including phenoxy) is 1. The molecule has 0 bridgehead atoms. The molecule has 2 aromatic heterocycles. The number of imidazole rings is 1. The van der Waals surface area contributed by atoms with Crippen LogP contribution in [0, 0.1) is 6.92 Å². The van der Waals surface area contributed by atoms with Gasteiger partial charge in [-0.2, -0.15) is 0 Å². The van der Waals surface area contributed by atoms with Crippen LogP contribution < -0.4 is 10.1 Å². The van der Waals surface area contributed by atoms with Crippen molar-refractivity contribution in [2.45, 2.75) is 13.5 Å². The summed E-state index contributed by atoms with van der Waals surface area (Å²) in [6.07, 6.45) is 3.59. The molecule has 3 aromatic rings. The predicted molar refractivity (Wildman–Crippen MR) is 93.7 cm³/mol. The summed E-state index contributed by atoms with van der Waals surface area (Å²) in [5.74, 6) is 0.382. The van der Waals surface area contributed by atoms with Crippen molar-refractivity contribution < 1.29 is 9.53 Å². The summed E-state index contributed by atoms with van der Waals surface area (Å²) < 4.78 is 7.27. The minimum atomic E-state index is -0.224. The number of carbonyl (C=O) groups excluding carboxylic acids is 1. The van der Waals surface area contributed by atoms with Crippen molar-refractivity contribution >= 4 is 34.8 Å². The van der Waals surface area contributed by atoms with Gasteiger partial charge in [0.15, 0.2) is 6.61 Å². The van der Waals surface area contributed by atoms with E-state index in [2.05, 4.69) is 10.3 Å². The summed E-state index contributed by atoms with van der Waals surface area (Å²) in [6.45, 7) is 2.13. The standard InChI is InChI=1S/C17H15Cl2N3O2/c1-11-6-14(3-4-15(11)19)24-10-17(23)20-7-13-9-22-8-12(18)2-5-16(22)21-13/h2-6,8-9H,7,10H2,1H3,(H,20,23). The number of amides is 1. The van der Waals surface area contributed by atoms with Gasteiger partial charge < -0.3 is 14.5 Å². The second-order valence-corrected chi connectivity index (χ2v) is 6.17. The maximum atomic E-state index is 11.9. The lowest BCUT2D eigenvalue weighted by atomic mass is 10.2. The number of aromatic nitrogens is 2. The van der Waals surface area contributed by atoms with Crippen molar-refractivity contribution in [2.75, 3.05) is 6.61 Å². The Morgan fingerprint density at radius 3 is 2.88 bits per heavy atom. The number of benzene rings is 1. The Kier molecular flexibility index (Phi) is 4.92. The molecule has 124 valence electrons. The number of carbonyl (C=O) groups is 1. The van der Waals surface area contributed by atoms with Gasteiger partial charge in [-0.25, -0.2) is 4.98 Å². The zero-order valence-electron chi connectivity index (χ0n) is 12.9. The molecule has 3 rings (SSSR count). The average molecular weight is 364 g/mol. The van der Waals surface area contributed by atoms with Crippen LogP contribution >= 0.6 is 23.2 Å². The summed E-state index contributed by atoms with van der Waals surface area (Å²) >= 11 is 11.9. The highest BCUT2D eigenvalue weighted by atomic mass is 35.5. The molecule has 0 atom stereocenters. The van der Waals surface area contributed by atoms with Crippen molar-refractivity contribution in [1.29, 1.82) is 0 Å². The first kappa shape index (κ1) is 16.6. The van der Waals surface area contributed by atoms with Crippen molar-refractivity contribution in [3.63, 3.8) is 0 Å². The number of halogens is 2. The van der Waals surface area contributed by atoms with Crippen molar-refractivity contribution in [1.82, 2.24) is 14.7 Å². The zero-order valence-corrected chi connectivity index (χ0v) is 14.4. The van der Waals surface area contributed by atoms with Gasteiger partial charge in [0, 0.05) is 17.4 Å². The molecule has 0 aliphatic heterocycles. The number of aryl methyl sites for hydroxylation is 1. The van der Waals surface area contributed by atoms with Crippen LogP contribution in [0.5, 0.6) is 5.75 Å². The summed E-state index contributed by atoms with van der Waals surface area (Å²) in [5.41, 5.74) is 2.42. The van der Waals surface area contributed by atoms with Crippen LogP contribution in [0.2, 0.25) is 10.0 Å². The van der Waals surface area contributed by atoms with Crippen molar-refractivity contribution in [2.24, 2.45) is 0 Å². The lowest BCUT2D eigenvalue weighted by molar-refractivity contribution is -0.123. The number of fused-ring (bicyclic) bond motifs is 1. The van der Waals surface area contributed by atoms with E-state index in [9.17, 15) is 4.79 Å². The molecule has 7 heteroatoms. The summed E-state index contributed by atoms with van der Waals surface area (Å²) in [4.78, 5) is 16.3. The fraction of sp³-hybridized carbons (Fsp3) is 0.176. The number of hydrogen-bond acceptors (Lipinski definition) is 3. The Labute approximate surface area is 149 Å². The highest BCUT2D eigenvalue weighted by Crippen LogP contribution is 2.20. The van der Waals surface area contributed by atoms with Crippen LogP contribution in [-0.4, -0.2) is 21.9 Å². The average Bonchev–Trinajstić information content (AvgIpc) is 2.96. The highest BCUT2D eigenvalue weighted by Gasteiger charge is 2.07. The third-order valence-corrected chi connectivity index (χ3v) is 4.08. The van der Waals surface area contributed by atoms with Gasteiger partial charge in [0.05, 0.1) is 17.3 Å². The number of rotatable bonds is 5. The highest BCUT2D eigenvalue weighted by molar-refractivity contribution is 6.31. The molecule has 5 nitrogen and oxygen atoms in total. The van der Waals surface area contributed by atoms with E-state index >= 15 is 0 Å². The van der Waals surface area contributed by atoms with E-state index in [1.165, 1.54) is 0 Å². The van der Waals surface area contributed by atoms with Gasteiger partial charge >= 0.3 is 0 Å². The van der Waals surface area contributed by atoms with E-state index in [1.54, 1.807) is 30.5 Å². The molecule has 0 saturated heterocycles. The van der Waals surface area contributed by atoms with Crippen molar-refractivity contribution in [3.05, 3.63) is 64.0 Å². The third-order valence-electron chi connectivity index (χ3n) is 3.43. The van der Waals surface area contributed by atoms with Gasteiger partial charge in [0.2, 0.25) is 0 Å². The molecule has 0 fully saturated rings. The van der Waals surface area contributed by atoms with E-state index in [4.69, 9.17) is 27.9 Å². The van der Waals surface area contributed by atoms with Gasteiger partial charge in [0.1, 0.15) is 11.4 Å². The maximum absolute atomic E-state index is 11.9. The minimum absolute atomic E-state index is 0.0692. The van der Waals surface area contributed by atoms with Gasteiger partial charge in [-0.05, 0) is 42.8 Å². The molecular formula is C17H15Cl2N3O2. The SMILES string of the molecule is Cc1cc(OCC(=O)NCc2cn3cc(Cl)ccc3n2)ccc1Cl. The number of nitrogens with one attached hydrogen (secondary N) is 1. The third kappa shape index (κ3) is 3.99. The Morgan fingerprint density at radius 2 is 2.08 bits per heavy atom. The number of pyridine rings is 1. The monoisotopic (exact) mass is 363 g/mol. The van der Waals surface area contributed by atoms with Crippen LogP contribution in [-0.2, 0) is 11.3 Å². The number of hydrogen-bond donors (Lipinski definition) is 1. The van der Waals surface area contributed by atoms with E-state index in [1.807, 2.05) is 23.6 Å². The normalized spacial score (nSPS) is 10.8. The van der Waals surface area contributed by atoms with Gasteiger partial charge in [-0.15, -0.1) is 0 Å². The first-order valence-electron chi connectivity index (χ1n) is 7.30. The van der Waals surface area contributed by atoms with Gasteiger partial charge in [-0.3, -0.25) is 4.79 Å². The van der Waals surface area contributed by atoms with E-state index < -0.39 is 0 Å². The molecule has 0 unspecified atom stereocenters. The lowest BCUT2D eigenvalue weighted by Gasteiger charge is -2.07. The first-order valence-corrected chi connectivity index (χ1v) is 8.05. The van der Waals surface area contributed by atoms with Crippen LogP contribution in [0.3, 0.4) is 0 Å². The molecule has 0 saturated carbocycles. The second-order valence-electron chi connectivity index (χ2n) is 5.32. The Bertz CT molecular complexity index is 893. The van der Waals surface area contributed by atoms with Crippen LogP contribution in [0.25, 0.3) is 5.65 Å². The molecule has 1 N–H and O–H groups in total. The maximum Gasteiger partial charge on any atom is 0.258 e. The smallest absolute Gasteiger partial charge is 0.258 e. The quantitative estimate of drug-likeness (QED) is 0.752. The van der Waals surface area contributed by atoms with Crippen LogP contribution in [0.1, 0.15) is 11.3 Å². The molecule has 1 aromatic carbocycles. The molecule has 0 spiro atoms. The van der Waals surface area contributed by atoms with E-state index in [0.29, 0.717) is 22.3 Å². The van der Waals surface area contributed by atoms with Gasteiger partial charge in [0.25, 0.3) is 5.91 Å². The van der Waals surface area contributed by atoms with Crippen molar-refractivity contribution in [3.8, 4) is 5.75 Å². The van der Waals surface area contributed by atoms with E-state index in [-0.39, 0.29) is 12.5 Å². The molecule has 24 heavy (non-hydrogen) atoms. The Morgan fingerprint density at radius 1 is 1.25 bits per heavy atom. The topological polar surface area (TPSA) is 55.6 Å². The second kappa shape index (κ2) is 7.11. The predicted octanol–water partition coefficient (Wildman–Crippen LogP) is 3.64. The molecule has 0 aliphatic rings. The summed E-state index contributed by atoms with van der Waals surface area (Å²) in [6, 6.07) is 8.86. The first-order chi connectivity index (χ1) is 11.5. The molecule has 2 heterocycles. The molecule has 0 aliphatic carbocycles. The lowest BCUT2D eigenvalue weighted by Crippen LogP contribution is -2.28. The summed E-state index contributed by atoms with van der Waals surface area (Å²) in [5, 5.41) is 4.06. The fourth-order valence-corrected chi connectivity index (χ4v) is 2.48. The fourth-order valence-electron chi connectivity index (χ4n) is 2.20. The largest absolute Gasteiger partial charge is 0.484 e. The summed E-state index contributed by atoms with van der Waals surface area (Å²) in [7, 11) is 0. The molecule has 1 amide bonds. The van der Waals surface area contributed by atoms with Crippen LogP contribution in [0.4, 0.5) is 0 Å².